The molecule has 0 unspecified atom stereocenters. The monoisotopic (exact) mass is 223 g/mol. The van der Waals surface area contributed by atoms with E-state index in [1.54, 1.807) is 0 Å². The van der Waals surface area contributed by atoms with Crippen LogP contribution in [0.3, 0.4) is 0 Å². The number of hydrogen-bond donors (Lipinski definition) is 0. The maximum atomic E-state index is 11.6. The van der Waals surface area contributed by atoms with Crippen LogP contribution in [-0.4, -0.2) is 23.9 Å². The summed E-state index contributed by atoms with van der Waals surface area (Å²) in [4.78, 5) is 13.7. The Balaban J connectivity index is 1.78. The molecule has 2 heteroatoms. The number of carbonyl (C=O) groups is 1. The van der Waals surface area contributed by atoms with E-state index in [4.69, 9.17) is 0 Å². The smallest absolute Gasteiger partial charge is 0.222 e. The summed E-state index contributed by atoms with van der Waals surface area (Å²) in [5.74, 6) is 1.19. The molecule has 1 aliphatic carbocycles. The molecule has 2 fully saturated rings. The maximum absolute atomic E-state index is 11.6. The standard InChI is InChI=1S/C14H25NO/c16-14-10-7-11-15(14)12-13-8-5-3-1-2-4-6-9-13/h13H,1-12H2. The average Bonchev–Trinajstić information content (AvgIpc) is 2.72. The Kier molecular flexibility index (Phi) is 4.68. The van der Waals surface area contributed by atoms with Crippen LogP contribution in [0.1, 0.15) is 64.2 Å². The van der Waals surface area contributed by atoms with Crippen molar-refractivity contribution in [3.05, 3.63) is 0 Å². The quantitative estimate of drug-likeness (QED) is 0.703. The molecule has 1 saturated heterocycles. The molecule has 1 aliphatic heterocycles. The second-order valence-electron chi connectivity index (χ2n) is 5.51. The molecule has 0 radical (unpaired) electrons. The van der Waals surface area contributed by atoms with Crippen molar-refractivity contribution in [2.45, 2.75) is 64.2 Å². The van der Waals surface area contributed by atoms with E-state index in [-0.39, 0.29) is 0 Å². The minimum absolute atomic E-state index is 0.403. The summed E-state index contributed by atoms with van der Waals surface area (Å²) in [6, 6.07) is 0. The van der Waals surface area contributed by atoms with Crippen LogP contribution in [0.5, 0.6) is 0 Å². The van der Waals surface area contributed by atoms with Crippen molar-refractivity contribution in [2.24, 2.45) is 5.92 Å². The molecule has 0 atom stereocenters. The van der Waals surface area contributed by atoms with Crippen LogP contribution in [0.15, 0.2) is 0 Å². The first-order valence-electron chi connectivity index (χ1n) is 7.14. The molecule has 2 aliphatic rings. The second kappa shape index (κ2) is 6.27. The fourth-order valence-electron chi connectivity index (χ4n) is 3.11. The van der Waals surface area contributed by atoms with Crippen molar-refractivity contribution >= 4 is 5.91 Å². The minimum Gasteiger partial charge on any atom is -0.342 e. The van der Waals surface area contributed by atoms with Gasteiger partial charge in [0.05, 0.1) is 0 Å². The van der Waals surface area contributed by atoms with Crippen LogP contribution in [0.2, 0.25) is 0 Å². The van der Waals surface area contributed by atoms with Crippen LogP contribution in [0, 0.1) is 5.92 Å². The molecule has 92 valence electrons. The van der Waals surface area contributed by atoms with Crippen LogP contribution < -0.4 is 0 Å². The van der Waals surface area contributed by atoms with Gasteiger partial charge in [-0.2, -0.15) is 0 Å². The van der Waals surface area contributed by atoms with Gasteiger partial charge in [-0.1, -0.05) is 38.5 Å². The van der Waals surface area contributed by atoms with Crippen molar-refractivity contribution in [2.75, 3.05) is 13.1 Å². The molecular formula is C14H25NO. The first-order chi connectivity index (χ1) is 7.86. The summed E-state index contributed by atoms with van der Waals surface area (Å²) < 4.78 is 0. The highest BCUT2D eigenvalue weighted by molar-refractivity contribution is 5.78. The average molecular weight is 223 g/mol. The third kappa shape index (κ3) is 3.50. The molecule has 0 spiro atoms. The van der Waals surface area contributed by atoms with Crippen LogP contribution in [0.25, 0.3) is 0 Å². The molecule has 1 heterocycles. The van der Waals surface area contributed by atoms with Gasteiger partial charge in [0.2, 0.25) is 5.91 Å². The molecule has 0 aromatic heterocycles. The molecule has 2 rings (SSSR count). The third-order valence-electron chi connectivity index (χ3n) is 4.12. The summed E-state index contributed by atoms with van der Waals surface area (Å²) in [7, 11) is 0. The Hall–Kier alpha value is -0.530. The maximum Gasteiger partial charge on any atom is 0.222 e. The van der Waals surface area contributed by atoms with Gasteiger partial charge >= 0.3 is 0 Å². The molecule has 1 amide bonds. The van der Waals surface area contributed by atoms with Gasteiger partial charge in [-0.25, -0.2) is 0 Å². The van der Waals surface area contributed by atoms with Crippen molar-refractivity contribution < 1.29 is 4.79 Å². The van der Waals surface area contributed by atoms with E-state index in [0.29, 0.717) is 5.91 Å². The highest BCUT2D eigenvalue weighted by atomic mass is 16.2. The lowest BCUT2D eigenvalue weighted by atomic mass is 9.96. The van der Waals surface area contributed by atoms with Crippen LogP contribution >= 0.6 is 0 Å². The van der Waals surface area contributed by atoms with Gasteiger partial charge in [-0.3, -0.25) is 4.79 Å². The van der Waals surface area contributed by atoms with Crippen LogP contribution in [0.4, 0.5) is 0 Å². The molecule has 1 saturated carbocycles. The second-order valence-corrected chi connectivity index (χ2v) is 5.51. The number of likely N-dealkylation sites (tertiary alicyclic amines) is 1. The first kappa shape index (κ1) is 11.9. The molecule has 2 nitrogen and oxygen atoms in total. The van der Waals surface area contributed by atoms with E-state index in [1.807, 2.05) is 0 Å². The topological polar surface area (TPSA) is 20.3 Å². The lowest BCUT2D eigenvalue weighted by Crippen LogP contribution is -2.30. The molecule has 0 aromatic rings. The first-order valence-corrected chi connectivity index (χ1v) is 7.14. The summed E-state index contributed by atoms with van der Waals surface area (Å²) in [5, 5.41) is 0. The summed E-state index contributed by atoms with van der Waals surface area (Å²) in [6.45, 7) is 2.08. The van der Waals surface area contributed by atoms with Crippen molar-refractivity contribution in [1.82, 2.24) is 4.90 Å². The lowest BCUT2D eigenvalue weighted by Gasteiger charge is -2.23. The van der Waals surface area contributed by atoms with Crippen molar-refractivity contribution in [3.8, 4) is 0 Å². The van der Waals surface area contributed by atoms with E-state index in [1.165, 1.54) is 51.4 Å². The number of nitrogens with zero attached hydrogens (tertiary/aromatic N) is 1. The molecule has 0 bridgehead atoms. The fourth-order valence-corrected chi connectivity index (χ4v) is 3.11. The summed E-state index contributed by atoms with van der Waals surface area (Å²) >= 11 is 0. The van der Waals surface area contributed by atoms with E-state index in [2.05, 4.69) is 4.90 Å². The van der Waals surface area contributed by atoms with Crippen molar-refractivity contribution in [3.63, 3.8) is 0 Å². The Labute approximate surface area is 99.4 Å². The van der Waals surface area contributed by atoms with Crippen molar-refractivity contribution in [1.29, 1.82) is 0 Å². The molecule has 0 N–H and O–H groups in total. The van der Waals surface area contributed by atoms with Gasteiger partial charge in [-0.15, -0.1) is 0 Å². The van der Waals surface area contributed by atoms with Gasteiger partial charge in [0.25, 0.3) is 0 Å². The number of hydrogen-bond acceptors (Lipinski definition) is 1. The SMILES string of the molecule is O=C1CCCN1CC1CCCCCCCC1. The Morgan fingerprint density at radius 2 is 1.56 bits per heavy atom. The Bertz CT molecular complexity index is 217. The van der Waals surface area contributed by atoms with Crippen LogP contribution in [-0.2, 0) is 4.79 Å². The highest BCUT2D eigenvalue weighted by Crippen LogP contribution is 2.24. The third-order valence-corrected chi connectivity index (χ3v) is 4.12. The van der Waals surface area contributed by atoms with E-state index in [9.17, 15) is 4.79 Å². The Morgan fingerprint density at radius 3 is 2.12 bits per heavy atom. The zero-order valence-electron chi connectivity index (χ0n) is 10.4. The normalized spacial score (nSPS) is 25.2. The van der Waals surface area contributed by atoms with E-state index in [0.717, 1.165) is 31.8 Å². The van der Waals surface area contributed by atoms with Gasteiger partial charge in [0, 0.05) is 19.5 Å². The van der Waals surface area contributed by atoms with Gasteiger partial charge in [0.15, 0.2) is 0 Å². The number of rotatable bonds is 2. The minimum atomic E-state index is 0.403. The molecule has 0 aromatic carbocycles. The van der Waals surface area contributed by atoms with E-state index >= 15 is 0 Å². The van der Waals surface area contributed by atoms with Gasteiger partial charge in [-0.05, 0) is 25.2 Å². The highest BCUT2D eigenvalue weighted by Gasteiger charge is 2.23. The summed E-state index contributed by atoms with van der Waals surface area (Å²) in [6.07, 6.45) is 13.0. The van der Waals surface area contributed by atoms with Gasteiger partial charge < -0.3 is 4.90 Å². The summed E-state index contributed by atoms with van der Waals surface area (Å²) in [5.41, 5.74) is 0. The number of carbonyl (C=O) groups excluding carboxylic acids is 1. The predicted octanol–water partition coefficient (Wildman–Crippen LogP) is 3.36. The Morgan fingerprint density at radius 1 is 0.938 bits per heavy atom. The molecular weight excluding hydrogens is 198 g/mol. The zero-order chi connectivity index (χ0) is 11.2. The number of amides is 1. The van der Waals surface area contributed by atoms with E-state index < -0.39 is 0 Å². The lowest BCUT2D eigenvalue weighted by molar-refractivity contribution is -0.128. The fraction of sp³-hybridized carbons (Fsp3) is 0.929. The predicted molar refractivity (Wildman–Crippen MR) is 66.2 cm³/mol. The van der Waals surface area contributed by atoms with Gasteiger partial charge in [0.1, 0.15) is 0 Å². The molecule has 16 heavy (non-hydrogen) atoms. The largest absolute Gasteiger partial charge is 0.342 e. The zero-order valence-corrected chi connectivity index (χ0v) is 10.4.